The highest BCUT2D eigenvalue weighted by Gasteiger charge is 2.17. The molecule has 0 aliphatic carbocycles. The fraction of sp³-hybridized carbons (Fsp3) is 0.857. The van der Waals surface area contributed by atoms with Crippen LogP contribution in [0, 0.1) is 0 Å². The summed E-state index contributed by atoms with van der Waals surface area (Å²) in [6.45, 7) is 3.34. The molecular formula is C7H16N2O3S. The number of sulfonamides is 1. The van der Waals surface area contributed by atoms with Crippen LogP contribution >= 0.6 is 0 Å². The lowest BCUT2D eigenvalue weighted by Crippen LogP contribution is -2.43. The standard InChI is InChI=1S/C7H16N2O3S/c1-3-5-6(8)7(10)9-13(11,12)4-2/h6H,3-5,8H2,1-2H3,(H,9,10)/t6-/m1/s1. The molecule has 78 valence electrons. The topological polar surface area (TPSA) is 89.3 Å². The predicted octanol–water partition coefficient (Wildman–Crippen LogP) is -0.420. The Kier molecular flexibility index (Phi) is 4.94. The second-order valence-electron chi connectivity index (χ2n) is 2.76. The SMILES string of the molecule is CCC[C@@H](N)C(=O)NS(=O)(=O)CC. The Bertz CT molecular complexity index is 261. The van der Waals surface area contributed by atoms with Gasteiger partial charge in [-0.1, -0.05) is 13.3 Å². The number of amides is 1. The molecule has 0 spiro atoms. The Morgan fingerprint density at radius 2 is 2.00 bits per heavy atom. The van der Waals surface area contributed by atoms with Crippen molar-refractivity contribution in [1.29, 1.82) is 0 Å². The monoisotopic (exact) mass is 208 g/mol. The molecule has 0 rings (SSSR count). The average Bonchev–Trinajstić information content (AvgIpc) is 2.04. The van der Waals surface area contributed by atoms with Gasteiger partial charge in [-0.25, -0.2) is 8.42 Å². The highest BCUT2D eigenvalue weighted by Crippen LogP contribution is 1.94. The Hall–Kier alpha value is -0.620. The number of carbonyl (C=O) groups excluding carboxylic acids is 1. The van der Waals surface area contributed by atoms with Gasteiger partial charge in [-0.05, 0) is 13.3 Å². The highest BCUT2D eigenvalue weighted by molar-refractivity contribution is 7.90. The van der Waals surface area contributed by atoms with E-state index >= 15 is 0 Å². The normalized spacial score (nSPS) is 13.8. The fourth-order valence-corrected chi connectivity index (χ4v) is 1.35. The van der Waals surface area contributed by atoms with Crippen LogP contribution in [-0.4, -0.2) is 26.1 Å². The van der Waals surface area contributed by atoms with Crippen LogP contribution in [0.2, 0.25) is 0 Å². The van der Waals surface area contributed by atoms with Crippen molar-refractivity contribution < 1.29 is 13.2 Å². The van der Waals surface area contributed by atoms with Crippen LogP contribution in [0.15, 0.2) is 0 Å². The van der Waals surface area contributed by atoms with Gasteiger partial charge in [-0.15, -0.1) is 0 Å². The summed E-state index contributed by atoms with van der Waals surface area (Å²) in [4.78, 5) is 11.1. The van der Waals surface area contributed by atoms with Gasteiger partial charge in [0.2, 0.25) is 15.9 Å². The summed E-state index contributed by atoms with van der Waals surface area (Å²) in [5.74, 6) is -0.735. The molecule has 0 aromatic heterocycles. The van der Waals surface area contributed by atoms with E-state index in [0.29, 0.717) is 6.42 Å². The molecule has 0 heterocycles. The molecule has 0 aromatic rings. The van der Waals surface area contributed by atoms with E-state index in [1.54, 1.807) is 0 Å². The minimum Gasteiger partial charge on any atom is -0.320 e. The van der Waals surface area contributed by atoms with Crippen molar-refractivity contribution >= 4 is 15.9 Å². The minimum absolute atomic E-state index is 0.114. The first-order valence-electron chi connectivity index (χ1n) is 4.22. The van der Waals surface area contributed by atoms with Crippen LogP contribution in [0.1, 0.15) is 26.7 Å². The summed E-state index contributed by atoms with van der Waals surface area (Å²) in [5.41, 5.74) is 5.41. The van der Waals surface area contributed by atoms with Gasteiger partial charge in [-0.2, -0.15) is 0 Å². The first-order valence-corrected chi connectivity index (χ1v) is 5.88. The van der Waals surface area contributed by atoms with Crippen molar-refractivity contribution in [1.82, 2.24) is 4.72 Å². The molecular weight excluding hydrogens is 192 g/mol. The second-order valence-corrected chi connectivity index (χ2v) is 4.78. The van der Waals surface area contributed by atoms with Crippen molar-refractivity contribution in [3.05, 3.63) is 0 Å². The summed E-state index contributed by atoms with van der Waals surface area (Å²) in [5, 5.41) is 0. The number of rotatable bonds is 5. The molecule has 0 aromatic carbocycles. The third-order valence-corrected chi connectivity index (χ3v) is 2.84. The van der Waals surface area contributed by atoms with Gasteiger partial charge in [0.05, 0.1) is 11.8 Å². The molecule has 6 heteroatoms. The maximum Gasteiger partial charge on any atom is 0.250 e. The van der Waals surface area contributed by atoms with Crippen LogP contribution in [0.3, 0.4) is 0 Å². The van der Waals surface area contributed by atoms with Crippen LogP contribution in [0.25, 0.3) is 0 Å². The van der Waals surface area contributed by atoms with E-state index in [4.69, 9.17) is 5.73 Å². The molecule has 0 aliphatic rings. The Morgan fingerprint density at radius 3 is 2.38 bits per heavy atom. The maximum absolute atomic E-state index is 11.1. The van der Waals surface area contributed by atoms with Gasteiger partial charge in [-0.3, -0.25) is 9.52 Å². The molecule has 0 saturated carbocycles. The lowest BCUT2D eigenvalue weighted by atomic mass is 10.2. The maximum atomic E-state index is 11.1. The van der Waals surface area contributed by atoms with E-state index in [1.165, 1.54) is 6.92 Å². The number of hydrogen-bond donors (Lipinski definition) is 2. The zero-order valence-electron chi connectivity index (χ0n) is 7.91. The molecule has 0 bridgehead atoms. The average molecular weight is 208 g/mol. The smallest absolute Gasteiger partial charge is 0.250 e. The van der Waals surface area contributed by atoms with Crippen molar-refractivity contribution in [2.45, 2.75) is 32.7 Å². The van der Waals surface area contributed by atoms with Gasteiger partial charge >= 0.3 is 0 Å². The summed E-state index contributed by atoms with van der Waals surface area (Å²) in [6, 6.07) is -0.730. The van der Waals surface area contributed by atoms with Crippen molar-refractivity contribution in [3.63, 3.8) is 0 Å². The molecule has 3 N–H and O–H groups in total. The molecule has 0 unspecified atom stereocenters. The summed E-state index contributed by atoms with van der Waals surface area (Å²) >= 11 is 0. The van der Waals surface area contributed by atoms with E-state index in [9.17, 15) is 13.2 Å². The Labute approximate surface area is 78.7 Å². The number of nitrogens with one attached hydrogen (secondary N) is 1. The quantitative estimate of drug-likeness (QED) is 0.642. The minimum atomic E-state index is -3.46. The summed E-state index contributed by atoms with van der Waals surface area (Å²) in [6.07, 6.45) is 1.24. The zero-order chi connectivity index (χ0) is 10.5. The molecule has 5 nitrogen and oxygen atoms in total. The number of hydrogen-bond acceptors (Lipinski definition) is 4. The van der Waals surface area contributed by atoms with E-state index in [1.807, 2.05) is 11.6 Å². The summed E-state index contributed by atoms with van der Waals surface area (Å²) < 4.78 is 23.8. The molecule has 0 aliphatic heterocycles. The third kappa shape index (κ3) is 4.84. The predicted molar refractivity (Wildman–Crippen MR) is 50.5 cm³/mol. The first-order chi connectivity index (χ1) is 5.93. The van der Waals surface area contributed by atoms with Crippen molar-refractivity contribution in [2.75, 3.05) is 5.75 Å². The van der Waals surface area contributed by atoms with Crippen LogP contribution in [0.4, 0.5) is 0 Å². The van der Waals surface area contributed by atoms with Crippen LogP contribution in [0.5, 0.6) is 0 Å². The van der Waals surface area contributed by atoms with Gasteiger partial charge in [0.15, 0.2) is 0 Å². The zero-order valence-corrected chi connectivity index (χ0v) is 8.73. The largest absolute Gasteiger partial charge is 0.320 e. The molecule has 0 fully saturated rings. The number of carbonyl (C=O) groups is 1. The molecule has 1 amide bonds. The van der Waals surface area contributed by atoms with E-state index in [0.717, 1.165) is 6.42 Å². The highest BCUT2D eigenvalue weighted by atomic mass is 32.2. The van der Waals surface area contributed by atoms with Gasteiger partial charge < -0.3 is 5.73 Å². The van der Waals surface area contributed by atoms with E-state index in [-0.39, 0.29) is 5.75 Å². The molecule has 13 heavy (non-hydrogen) atoms. The van der Waals surface area contributed by atoms with Crippen molar-refractivity contribution in [2.24, 2.45) is 5.73 Å². The lowest BCUT2D eigenvalue weighted by molar-refractivity contribution is -0.120. The Balaban J connectivity index is 4.16. The van der Waals surface area contributed by atoms with E-state index in [2.05, 4.69) is 0 Å². The van der Waals surface area contributed by atoms with E-state index < -0.39 is 22.0 Å². The van der Waals surface area contributed by atoms with Gasteiger partial charge in [0.1, 0.15) is 0 Å². The molecule has 0 radical (unpaired) electrons. The van der Waals surface area contributed by atoms with Gasteiger partial charge in [0.25, 0.3) is 0 Å². The second kappa shape index (κ2) is 5.18. The van der Waals surface area contributed by atoms with Crippen molar-refractivity contribution in [3.8, 4) is 0 Å². The molecule has 0 saturated heterocycles. The first kappa shape index (κ1) is 12.4. The number of nitrogens with two attached hydrogens (primary N) is 1. The molecule has 1 atom stereocenters. The Morgan fingerprint density at radius 1 is 1.46 bits per heavy atom. The van der Waals surface area contributed by atoms with Crippen LogP contribution < -0.4 is 10.5 Å². The van der Waals surface area contributed by atoms with Gasteiger partial charge in [0, 0.05) is 0 Å². The fourth-order valence-electron chi connectivity index (χ4n) is 0.743. The lowest BCUT2D eigenvalue weighted by Gasteiger charge is -2.10. The summed E-state index contributed by atoms with van der Waals surface area (Å²) in [7, 11) is -3.46. The van der Waals surface area contributed by atoms with Crippen LogP contribution in [-0.2, 0) is 14.8 Å². The third-order valence-electron chi connectivity index (χ3n) is 1.57.